The molecule has 1 aliphatic carbocycles. The molecule has 112 valence electrons. The van der Waals surface area contributed by atoms with E-state index < -0.39 is 0 Å². The summed E-state index contributed by atoms with van der Waals surface area (Å²) in [7, 11) is 0. The standard InChI is InChI=1S/C15H24BrN3O/c1-15(2,3)14-18-12(16)9-13(19-14)17-7-4-8-20-10-11-5-6-11/h9,11H,4-8,10H2,1-3H3,(H,17,18,19). The minimum Gasteiger partial charge on any atom is -0.381 e. The molecule has 1 aromatic rings. The maximum absolute atomic E-state index is 5.62. The highest BCUT2D eigenvalue weighted by atomic mass is 79.9. The minimum atomic E-state index is -0.0480. The molecule has 4 nitrogen and oxygen atoms in total. The molecule has 1 saturated carbocycles. The fourth-order valence-corrected chi connectivity index (χ4v) is 2.15. The van der Waals surface area contributed by atoms with Crippen molar-refractivity contribution in [1.29, 1.82) is 0 Å². The van der Waals surface area contributed by atoms with Gasteiger partial charge in [0.05, 0.1) is 0 Å². The summed E-state index contributed by atoms with van der Waals surface area (Å²) < 4.78 is 6.44. The van der Waals surface area contributed by atoms with Crippen LogP contribution in [0.2, 0.25) is 0 Å². The summed E-state index contributed by atoms with van der Waals surface area (Å²) in [5.41, 5.74) is -0.0480. The van der Waals surface area contributed by atoms with Gasteiger partial charge in [-0.3, -0.25) is 0 Å². The van der Waals surface area contributed by atoms with Crippen molar-refractivity contribution in [2.45, 2.75) is 45.4 Å². The van der Waals surface area contributed by atoms with E-state index in [0.717, 1.165) is 48.3 Å². The van der Waals surface area contributed by atoms with Crippen LogP contribution in [0.1, 0.15) is 45.9 Å². The molecule has 0 radical (unpaired) electrons. The molecular formula is C15H24BrN3O. The first kappa shape index (κ1) is 15.7. The van der Waals surface area contributed by atoms with Crippen LogP contribution in [-0.2, 0) is 10.2 Å². The van der Waals surface area contributed by atoms with Gasteiger partial charge in [0.2, 0.25) is 0 Å². The zero-order valence-electron chi connectivity index (χ0n) is 12.6. The molecule has 1 fully saturated rings. The van der Waals surface area contributed by atoms with Crippen LogP contribution in [0.5, 0.6) is 0 Å². The number of halogens is 1. The Kier molecular flexibility index (Phi) is 5.38. The first-order valence-corrected chi connectivity index (χ1v) is 8.11. The van der Waals surface area contributed by atoms with Gasteiger partial charge < -0.3 is 10.1 Å². The van der Waals surface area contributed by atoms with E-state index in [1.54, 1.807) is 0 Å². The Morgan fingerprint density at radius 2 is 2.10 bits per heavy atom. The zero-order valence-corrected chi connectivity index (χ0v) is 14.2. The third kappa shape index (κ3) is 5.37. The van der Waals surface area contributed by atoms with E-state index in [0.29, 0.717) is 0 Å². The van der Waals surface area contributed by atoms with Crippen LogP contribution in [0.4, 0.5) is 5.82 Å². The molecule has 1 aliphatic rings. The first-order chi connectivity index (χ1) is 9.45. The van der Waals surface area contributed by atoms with E-state index in [4.69, 9.17) is 4.74 Å². The minimum absolute atomic E-state index is 0.0480. The van der Waals surface area contributed by atoms with Crippen molar-refractivity contribution >= 4 is 21.7 Å². The average Bonchev–Trinajstić information content (AvgIpc) is 3.16. The summed E-state index contributed by atoms with van der Waals surface area (Å²) in [6.45, 7) is 8.98. The number of rotatable bonds is 7. The third-order valence-corrected chi connectivity index (χ3v) is 3.59. The average molecular weight is 342 g/mol. The van der Waals surface area contributed by atoms with Crippen molar-refractivity contribution in [2.75, 3.05) is 25.1 Å². The van der Waals surface area contributed by atoms with Crippen molar-refractivity contribution in [3.8, 4) is 0 Å². The lowest BCUT2D eigenvalue weighted by Crippen LogP contribution is -2.18. The summed E-state index contributed by atoms with van der Waals surface area (Å²) >= 11 is 3.45. The lowest BCUT2D eigenvalue weighted by molar-refractivity contribution is 0.124. The quantitative estimate of drug-likeness (QED) is 0.605. The van der Waals surface area contributed by atoms with Gasteiger partial charge in [0, 0.05) is 31.2 Å². The van der Waals surface area contributed by atoms with E-state index in [9.17, 15) is 0 Å². The Balaban J connectivity index is 1.75. The second-order valence-electron chi connectivity index (χ2n) is 6.45. The van der Waals surface area contributed by atoms with Crippen LogP contribution >= 0.6 is 15.9 Å². The fourth-order valence-electron chi connectivity index (χ4n) is 1.77. The van der Waals surface area contributed by atoms with Crippen molar-refractivity contribution < 1.29 is 4.74 Å². The van der Waals surface area contributed by atoms with Crippen LogP contribution in [0, 0.1) is 5.92 Å². The van der Waals surface area contributed by atoms with E-state index in [2.05, 4.69) is 52.0 Å². The molecule has 0 amide bonds. The monoisotopic (exact) mass is 341 g/mol. The maximum atomic E-state index is 5.62. The Morgan fingerprint density at radius 1 is 1.35 bits per heavy atom. The molecular weight excluding hydrogens is 318 g/mol. The third-order valence-electron chi connectivity index (χ3n) is 3.19. The van der Waals surface area contributed by atoms with Gasteiger partial charge in [-0.15, -0.1) is 0 Å². The molecule has 2 rings (SSSR count). The Bertz CT molecular complexity index is 441. The van der Waals surface area contributed by atoms with Crippen LogP contribution in [0.3, 0.4) is 0 Å². The van der Waals surface area contributed by atoms with Crippen LogP contribution in [0.25, 0.3) is 0 Å². The number of hydrogen-bond donors (Lipinski definition) is 1. The lowest BCUT2D eigenvalue weighted by Gasteiger charge is -2.18. The van der Waals surface area contributed by atoms with Crippen LogP contribution in [0.15, 0.2) is 10.7 Å². The van der Waals surface area contributed by atoms with Crippen molar-refractivity contribution in [3.63, 3.8) is 0 Å². The van der Waals surface area contributed by atoms with Crippen molar-refractivity contribution in [1.82, 2.24) is 9.97 Å². The molecule has 0 spiro atoms. The second-order valence-corrected chi connectivity index (χ2v) is 7.26. The number of ether oxygens (including phenoxy) is 1. The molecule has 0 aromatic carbocycles. The smallest absolute Gasteiger partial charge is 0.137 e. The van der Waals surface area contributed by atoms with Gasteiger partial charge in [0.25, 0.3) is 0 Å². The molecule has 0 aliphatic heterocycles. The van der Waals surface area contributed by atoms with Gasteiger partial charge in [-0.25, -0.2) is 9.97 Å². The van der Waals surface area contributed by atoms with Gasteiger partial charge in [-0.2, -0.15) is 0 Å². The first-order valence-electron chi connectivity index (χ1n) is 7.32. The number of nitrogens with zero attached hydrogens (tertiary/aromatic N) is 2. The largest absolute Gasteiger partial charge is 0.381 e. The summed E-state index contributed by atoms with van der Waals surface area (Å²) in [5, 5.41) is 3.34. The van der Waals surface area contributed by atoms with Gasteiger partial charge in [-0.1, -0.05) is 20.8 Å². The second kappa shape index (κ2) is 6.85. The van der Waals surface area contributed by atoms with E-state index in [1.165, 1.54) is 12.8 Å². The van der Waals surface area contributed by atoms with Crippen LogP contribution in [-0.4, -0.2) is 29.7 Å². The highest BCUT2D eigenvalue weighted by molar-refractivity contribution is 9.10. The molecule has 5 heteroatoms. The predicted molar refractivity (Wildman–Crippen MR) is 85.1 cm³/mol. The SMILES string of the molecule is CC(C)(C)c1nc(Br)cc(NCCCOCC2CC2)n1. The molecule has 1 N–H and O–H groups in total. The van der Waals surface area contributed by atoms with Gasteiger partial charge in [0.1, 0.15) is 16.2 Å². The molecule has 0 bridgehead atoms. The Morgan fingerprint density at radius 3 is 2.75 bits per heavy atom. The molecule has 0 saturated heterocycles. The zero-order chi connectivity index (χ0) is 14.6. The number of aromatic nitrogens is 2. The van der Waals surface area contributed by atoms with Crippen LogP contribution < -0.4 is 5.32 Å². The summed E-state index contributed by atoms with van der Waals surface area (Å²) in [4.78, 5) is 9.00. The molecule has 1 heterocycles. The van der Waals surface area contributed by atoms with E-state index in [1.807, 2.05) is 6.07 Å². The van der Waals surface area contributed by atoms with E-state index in [-0.39, 0.29) is 5.41 Å². The van der Waals surface area contributed by atoms with Gasteiger partial charge >= 0.3 is 0 Å². The highest BCUT2D eigenvalue weighted by Crippen LogP contribution is 2.28. The fraction of sp³-hybridized carbons (Fsp3) is 0.733. The predicted octanol–water partition coefficient (Wildman–Crippen LogP) is 3.77. The summed E-state index contributed by atoms with van der Waals surface area (Å²) in [6.07, 6.45) is 3.70. The Hall–Kier alpha value is -0.680. The van der Waals surface area contributed by atoms with Crippen molar-refractivity contribution in [2.24, 2.45) is 5.92 Å². The summed E-state index contributed by atoms with van der Waals surface area (Å²) in [6, 6.07) is 1.92. The van der Waals surface area contributed by atoms with Gasteiger partial charge in [-0.05, 0) is 41.1 Å². The molecule has 1 aromatic heterocycles. The normalized spacial score (nSPS) is 15.4. The summed E-state index contributed by atoms with van der Waals surface area (Å²) in [5.74, 6) is 2.56. The number of hydrogen-bond acceptors (Lipinski definition) is 4. The lowest BCUT2D eigenvalue weighted by atomic mass is 9.96. The topological polar surface area (TPSA) is 47.0 Å². The molecule has 20 heavy (non-hydrogen) atoms. The number of nitrogens with one attached hydrogen (secondary N) is 1. The van der Waals surface area contributed by atoms with E-state index >= 15 is 0 Å². The number of anilines is 1. The van der Waals surface area contributed by atoms with Gasteiger partial charge in [0.15, 0.2) is 0 Å². The highest BCUT2D eigenvalue weighted by Gasteiger charge is 2.21. The molecule has 0 atom stereocenters. The maximum Gasteiger partial charge on any atom is 0.137 e. The molecule has 0 unspecified atom stereocenters. The Labute approximate surface area is 129 Å². The van der Waals surface area contributed by atoms with Crippen molar-refractivity contribution in [3.05, 3.63) is 16.5 Å².